The summed E-state index contributed by atoms with van der Waals surface area (Å²) in [5.41, 5.74) is 0. The van der Waals surface area contributed by atoms with Gasteiger partial charge >= 0.3 is 0 Å². The van der Waals surface area contributed by atoms with Gasteiger partial charge in [0.25, 0.3) is 0 Å². The first-order valence-corrected chi connectivity index (χ1v) is 6.10. The molecule has 0 radical (unpaired) electrons. The van der Waals surface area contributed by atoms with Crippen LogP contribution in [0, 0.1) is 5.92 Å². The molecule has 1 atom stereocenters. The fraction of sp³-hybridized carbons (Fsp3) is 0.615. The zero-order valence-corrected chi connectivity index (χ0v) is 10.1. The Labute approximate surface area is 97.2 Å². The van der Waals surface area contributed by atoms with Crippen LogP contribution < -0.4 is 10.1 Å². The second-order valence-corrected chi connectivity index (χ2v) is 4.46. The van der Waals surface area contributed by atoms with E-state index >= 15 is 0 Å². The molecule has 1 N–H and O–H groups in total. The molecule has 16 heavy (non-hydrogen) atoms. The quantitative estimate of drug-likeness (QED) is 0.800. The topological polar surface area (TPSA) is 34.1 Å². The number of pyridine rings is 1. The Kier molecular flexibility index (Phi) is 3.65. The summed E-state index contributed by atoms with van der Waals surface area (Å²) >= 11 is 0. The van der Waals surface area contributed by atoms with Crippen LogP contribution in [0.5, 0.6) is 5.75 Å². The molecule has 3 nitrogen and oxygen atoms in total. The second-order valence-electron chi connectivity index (χ2n) is 4.46. The number of aromatic nitrogens is 1. The standard InChI is InChI=1S/C13H20N2O/c1-3-4-12(10-5-6-10)15-13-9-11(16-2)7-8-14-13/h7-10,12H,3-6H2,1-2H3,(H,14,15). The van der Waals surface area contributed by atoms with Crippen LogP contribution in [0.15, 0.2) is 18.3 Å². The van der Waals surface area contributed by atoms with Gasteiger partial charge in [-0.1, -0.05) is 13.3 Å². The number of rotatable bonds is 6. The van der Waals surface area contributed by atoms with Gasteiger partial charge in [0.15, 0.2) is 0 Å². The second kappa shape index (κ2) is 5.19. The molecule has 1 unspecified atom stereocenters. The van der Waals surface area contributed by atoms with Crippen molar-refractivity contribution in [3.05, 3.63) is 18.3 Å². The summed E-state index contributed by atoms with van der Waals surface area (Å²) < 4.78 is 5.19. The molecule has 1 aliphatic rings. The Morgan fingerprint density at radius 2 is 2.38 bits per heavy atom. The molecule has 0 aromatic carbocycles. The van der Waals surface area contributed by atoms with E-state index in [2.05, 4.69) is 17.2 Å². The number of anilines is 1. The first-order valence-electron chi connectivity index (χ1n) is 6.10. The smallest absolute Gasteiger partial charge is 0.129 e. The largest absolute Gasteiger partial charge is 0.497 e. The lowest BCUT2D eigenvalue weighted by molar-refractivity contribution is 0.414. The first-order chi connectivity index (χ1) is 7.83. The minimum Gasteiger partial charge on any atom is -0.497 e. The van der Waals surface area contributed by atoms with Gasteiger partial charge in [-0.15, -0.1) is 0 Å². The van der Waals surface area contributed by atoms with Gasteiger partial charge in [-0.05, 0) is 31.2 Å². The highest BCUT2D eigenvalue weighted by molar-refractivity contribution is 5.41. The van der Waals surface area contributed by atoms with Crippen molar-refractivity contribution >= 4 is 5.82 Å². The molecular formula is C13H20N2O. The third-order valence-corrected chi connectivity index (χ3v) is 3.09. The van der Waals surface area contributed by atoms with Crippen LogP contribution in [0.3, 0.4) is 0 Å². The molecule has 88 valence electrons. The molecule has 1 aliphatic carbocycles. The van der Waals surface area contributed by atoms with Gasteiger partial charge in [0.1, 0.15) is 11.6 Å². The first kappa shape index (κ1) is 11.2. The van der Waals surface area contributed by atoms with E-state index < -0.39 is 0 Å². The fourth-order valence-electron chi connectivity index (χ4n) is 2.04. The van der Waals surface area contributed by atoms with E-state index in [-0.39, 0.29) is 0 Å². The Hall–Kier alpha value is -1.25. The zero-order valence-electron chi connectivity index (χ0n) is 10.1. The molecule has 1 aromatic heterocycles. The number of hydrogen-bond acceptors (Lipinski definition) is 3. The van der Waals surface area contributed by atoms with Gasteiger partial charge in [-0.2, -0.15) is 0 Å². The van der Waals surface area contributed by atoms with E-state index in [1.54, 1.807) is 13.3 Å². The maximum absolute atomic E-state index is 5.19. The van der Waals surface area contributed by atoms with E-state index in [4.69, 9.17) is 4.74 Å². The molecule has 0 amide bonds. The van der Waals surface area contributed by atoms with E-state index in [0.717, 1.165) is 17.5 Å². The van der Waals surface area contributed by atoms with Crippen LogP contribution in [0.1, 0.15) is 32.6 Å². The average molecular weight is 220 g/mol. The molecule has 1 saturated carbocycles. The van der Waals surface area contributed by atoms with Gasteiger partial charge in [0.05, 0.1) is 7.11 Å². The lowest BCUT2D eigenvalue weighted by Crippen LogP contribution is -2.22. The molecule has 0 spiro atoms. The summed E-state index contributed by atoms with van der Waals surface area (Å²) in [6.07, 6.45) is 6.96. The highest BCUT2D eigenvalue weighted by Gasteiger charge is 2.30. The summed E-state index contributed by atoms with van der Waals surface area (Å²) in [6, 6.07) is 4.42. The number of nitrogens with zero attached hydrogens (tertiary/aromatic N) is 1. The predicted octanol–water partition coefficient (Wildman–Crippen LogP) is 3.08. The zero-order chi connectivity index (χ0) is 11.4. The Balaban J connectivity index is 1.99. The van der Waals surface area contributed by atoms with Gasteiger partial charge in [0.2, 0.25) is 0 Å². The predicted molar refractivity (Wildman–Crippen MR) is 65.8 cm³/mol. The Morgan fingerprint density at radius 3 is 3.00 bits per heavy atom. The van der Waals surface area contributed by atoms with E-state index in [1.165, 1.54) is 25.7 Å². The highest BCUT2D eigenvalue weighted by atomic mass is 16.5. The summed E-state index contributed by atoms with van der Waals surface area (Å²) in [5.74, 6) is 2.65. The third-order valence-electron chi connectivity index (χ3n) is 3.09. The maximum Gasteiger partial charge on any atom is 0.129 e. The van der Waals surface area contributed by atoms with Crippen LogP contribution in [0.25, 0.3) is 0 Å². The minimum absolute atomic E-state index is 0.588. The SMILES string of the molecule is CCCC(Nc1cc(OC)ccn1)C1CC1. The van der Waals surface area contributed by atoms with Crippen molar-refractivity contribution in [1.82, 2.24) is 4.98 Å². The van der Waals surface area contributed by atoms with Gasteiger partial charge in [-0.25, -0.2) is 4.98 Å². The van der Waals surface area contributed by atoms with Gasteiger partial charge in [0, 0.05) is 18.3 Å². The van der Waals surface area contributed by atoms with Crippen molar-refractivity contribution in [2.75, 3.05) is 12.4 Å². The van der Waals surface area contributed by atoms with Crippen LogP contribution in [-0.4, -0.2) is 18.1 Å². The molecule has 3 heteroatoms. The van der Waals surface area contributed by atoms with Gasteiger partial charge in [-0.3, -0.25) is 0 Å². The van der Waals surface area contributed by atoms with Crippen molar-refractivity contribution in [3.8, 4) is 5.75 Å². The number of nitrogens with one attached hydrogen (secondary N) is 1. The summed E-state index contributed by atoms with van der Waals surface area (Å²) in [4.78, 5) is 4.33. The van der Waals surface area contributed by atoms with E-state index in [0.29, 0.717) is 6.04 Å². The third kappa shape index (κ3) is 2.87. The summed E-state index contributed by atoms with van der Waals surface area (Å²) in [6.45, 7) is 2.23. The summed E-state index contributed by atoms with van der Waals surface area (Å²) in [7, 11) is 1.68. The number of ether oxygens (including phenoxy) is 1. The van der Waals surface area contributed by atoms with E-state index in [9.17, 15) is 0 Å². The average Bonchev–Trinajstić information content (AvgIpc) is 3.13. The summed E-state index contributed by atoms with van der Waals surface area (Å²) in [5, 5.41) is 3.53. The van der Waals surface area contributed by atoms with Crippen LogP contribution >= 0.6 is 0 Å². The number of hydrogen-bond donors (Lipinski definition) is 1. The van der Waals surface area contributed by atoms with E-state index in [1.807, 2.05) is 12.1 Å². The normalized spacial score (nSPS) is 16.9. The molecule has 2 rings (SSSR count). The van der Waals surface area contributed by atoms with Crippen LogP contribution in [0.4, 0.5) is 5.82 Å². The Bertz CT molecular complexity index is 336. The molecular weight excluding hydrogens is 200 g/mol. The lowest BCUT2D eigenvalue weighted by atomic mass is 10.1. The molecule has 0 saturated heterocycles. The molecule has 1 aromatic rings. The van der Waals surface area contributed by atoms with Crippen molar-refractivity contribution in [2.24, 2.45) is 5.92 Å². The monoisotopic (exact) mass is 220 g/mol. The Morgan fingerprint density at radius 1 is 1.56 bits per heavy atom. The highest BCUT2D eigenvalue weighted by Crippen LogP contribution is 2.36. The lowest BCUT2D eigenvalue weighted by Gasteiger charge is -2.18. The maximum atomic E-state index is 5.19. The molecule has 1 heterocycles. The molecule has 1 fully saturated rings. The molecule has 0 bridgehead atoms. The minimum atomic E-state index is 0.588. The van der Waals surface area contributed by atoms with Crippen molar-refractivity contribution in [1.29, 1.82) is 0 Å². The van der Waals surface area contributed by atoms with Gasteiger partial charge < -0.3 is 10.1 Å². The fourth-order valence-corrected chi connectivity index (χ4v) is 2.04. The van der Waals surface area contributed by atoms with Crippen LogP contribution in [0.2, 0.25) is 0 Å². The van der Waals surface area contributed by atoms with Crippen molar-refractivity contribution in [2.45, 2.75) is 38.6 Å². The van der Waals surface area contributed by atoms with Crippen LogP contribution in [-0.2, 0) is 0 Å². The van der Waals surface area contributed by atoms with Crippen molar-refractivity contribution < 1.29 is 4.74 Å². The molecule has 0 aliphatic heterocycles. The number of methoxy groups -OCH3 is 1. The van der Waals surface area contributed by atoms with Crippen molar-refractivity contribution in [3.63, 3.8) is 0 Å².